The highest BCUT2D eigenvalue weighted by atomic mass is 32.2. The van der Waals surface area contributed by atoms with Crippen LogP contribution in [0.2, 0.25) is 0 Å². The Morgan fingerprint density at radius 3 is 2.69 bits per heavy atom. The summed E-state index contributed by atoms with van der Waals surface area (Å²) in [7, 11) is -3.69. The number of amides is 1. The van der Waals surface area contributed by atoms with Gasteiger partial charge in [0.1, 0.15) is 11.6 Å². The largest absolute Gasteiger partial charge is 0.310 e. The van der Waals surface area contributed by atoms with Crippen molar-refractivity contribution in [2.45, 2.75) is 31.6 Å². The average molecular weight is 514 g/mol. The van der Waals surface area contributed by atoms with Crippen LogP contribution in [0.3, 0.4) is 0 Å². The molecule has 3 heterocycles. The molecule has 1 unspecified atom stereocenters. The molecule has 182 valence electrons. The Hall–Kier alpha value is -3.15. The van der Waals surface area contributed by atoms with Crippen molar-refractivity contribution in [3.63, 3.8) is 0 Å². The Morgan fingerprint density at radius 2 is 1.91 bits per heavy atom. The molecule has 0 radical (unpaired) electrons. The molecule has 1 atom stereocenters. The molecule has 5 rings (SSSR count). The number of aryl methyl sites for hydroxylation is 2. The highest BCUT2D eigenvalue weighted by Crippen LogP contribution is 2.29. The molecule has 1 saturated heterocycles. The first kappa shape index (κ1) is 23.6. The summed E-state index contributed by atoms with van der Waals surface area (Å²) < 4.78 is 43.4. The lowest BCUT2D eigenvalue weighted by molar-refractivity contribution is -0.120. The van der Waals surface area contributed by atoms with Crippen molar-refractivity contribution in [1.29, 1.82) is 0 Å². The second-order valence-electron chi connectivity index (χ2n) is 8.70. The molecule has 2 aromatic carbocycles. The van der Waals surface area contributed by atoms with Crippen LogP contribution in [0.1, 0.15) is 24.1 Å². The third-order valence-corrected chi connectivity index (χ3v) is 8.89. The molecule has 1 N–H and O–H groups in total. The predicted molar refractivity (Wildman–Crippen MR) is 133 cm³/mol. The third kappa shape index (κ3) is 4.71. The summed E-state index contributed by atoms with van der Waals surface area (Å²) in [5, 5.41) is 7.86. The summed E-state index contributed by atoms with van der Waals surface area (Å²) in [4.78, 5) is 17.9. The van der Waals surface area contributed by atoms with Crippen molar-refractivity contribution in [2.75, 3.05) is 18.4 Å². The Bertz CT molecular complexity index is 1510. The normalized spacial score (nSPS) is 17.1. The van der Waals surface area contributed by atoms with Gasteiger partial charge in [-0.2, -0.15) is 14.1 Å². The van der Waals surface area contributed by atoms with E-state index in [9.17, 15) is 17.6 Å². The summed E-state index contributed by atoms with van der Waals surface area (Å²) >= 11 is 1.27. The maximum Gasteiger partial charge on any atom is 0.243 e. The van der Waals surface area contributed by atoms with Gasteiger partial charge in [-0.05, 0) is 57.0 Å². The van der Waals surface area contributed by atoms with E-state index in [-0.39, 0.29) is 23.2 Å². The fourth-order valence-electron chi connectivity index (χ4n) is 4.17. The number of thiazole rings is 1. The van der Waals surface area contributed by atoms with Crippen LogP contribution < -0.4 is 5.32 Å². The number of hydrogen-bond acceptors (Lipinski definition) is 6. The van der Waals surface area contributed by atoms with Gasteiger partial charge in [0.2, 0.25) is 21.1 Å². The molecule has 11 heteroatoms. The first-order valence-electron chi connectivity index (χ1n) is 11.2. The van der Waals surface area contributed by atoms with Gasteiger partial charge in [-0.15, -0.1) is 0 Å². The van der Waals surface area contributed by atoms with Crippen LogP contribution in [0.25, 0.3) is 15.3 Å². The van der Waals surface area contributed by atoms with Crippen molar-refractivity contribution in [3.8, 4) is 5.13 Å². The van der Waals surface area contributed by atoms with Crippen LogP contribution in [0, 0.1) is 25.6 Å². The SMILES string of the molecule is Cc1ccc(S(=O)(=O)N2CCCC(C(=O)Nc3cc(C)nn3-c3nc4ccc(F)cc4s3)C2)cc1. The maximum atomic E-state index is 13.6. The van der Waals surface area contributed by atoms with E-state index in [1.807, 2.05) is 6.92 Å². The molecular formula is C24H24FN5O3S2. The summed E-state index contributed by atoms with van der Waals surface area (Å²) in [5.74, 6) is -0.690. The van der Waals surface area contributed by atoms with Crippen LogP contribution >= 0.6 is 11.3 Å². The Balaban J connectivity index is 1.36. The Kier molecular flexibility index (Phi) is 6.16. The molecule has 1 aliphatic rings. The number of rotatable bonds is 5. The number of benzene rings is 2. The lowest BCUT2D eigenvalue weighted by Gasteiger charge is -2.31. The highest BCUT2D eigenvalue weighted by molar-refractivity contribution is 7.89. The number of piperidine rings is 1. The average Bonchev–Trinajstić information content (AvgIpc) is 3.41. The molecule has 2 aromatic heterocycles. The topological polar surface area (TPSA) is 97.2 Å². The van der Waals surface area contributed by atoms with E-state index >= 15 is 0 Å². The Morgan fingerprint density at radius 1 is 1.14 bits per heavy atom. The molecule has 35 heavy (non-hydrogen) atoms. The molecule has 0 bridgehead atoms. The maximum absolute atomic E-state index is 13.6. The van der Waals surface area contributed by atoms with E-state index in [2.05, 4.69) is 15.4 Å². The van der Waals surface area contributed by atoms with Crippen LogP contribution in [-0.2, 0) is 14.8 Å². The number of carbonyl (C=O) groups excluding carboxylic acids is 1. The first-order valence-corrected chi connectivity index (χ1v) is 13.5. The van der Waals surface area contributed by atoms with Crippen LogP contribution in [0.4, 0.5) is 10.2 Å². The van der Waals surface area contributed by atoms with E-state index in [4.69, 9.17) is 0 Å². The van der Waals surface area contributed by atoms with E-state index in [1.54, 1.807) is 43.3 Å². The van der Waals surface area contributed by atoms with Crippen molar-refractivity contribution in [2.24, 2.45) is 5.92 Å². The summed E-state index contributed by atoms with van der Waals surface area (Å²) in [6.07, 6.45) is 1.17. The van der Waals surface area contributed by atoms with Gasteiger partial charge in [0, 0.05) is 19.2 Å². The Labute approximate surface area is 206 Å². The monoisotopic (exact) mass is 513 g/mol. The van der Waals surface area contributed by atoms with Gasteiger partial charge >= 0.3 is 0 Å². The van der Waals surface area contributed by atoms with Crippen LogP contribution in [0.5, 0.6) is 0 Å². The minimum Gasteiger partial charge on any atom is -0.310 e. The number of hydrogen-bond donors (Lipinski definition) is 1. The van der Waals surface area contributed by atoms with Crippen molar-refractivity contribution in [3.05, 3.63) is 65.6 Å². The number of halogens is 1. The van der Waals surface area contributed by atoms with Crippen LogP contribution in [0.15, 0.2) is 53.4 Å². The zero-order valence-electron chi connectivity index (χ0n) is 19.2. The second-order valence-corrected chi connectivity index (χ2v) is 11.6. The van der Waals surface area contributed by atoms with E-state index in [0.29, 0.717) is 46.2 Å². The standard InChI is InChI=1S/C24H24FN5O3S2/c1-15-5-8-19(9-6-15)35(32,33)29-11-3-4-17(14-29)23(31)27-22-12-16(2)28-30(22)24-26-20-10-7-18(25)13-21(20)34-24/h5-10,12-13,17H,3-4,11,14H2,1-2H3,(H,27,31). The van der Waals surface area contributed by atoms with E-state index in [1.165, 1.54) is 32.5 Å². The molecule has 0 spiro atoms. The van der Waals surface area contributed by atoms with Gasteiger partial charge in [0.15, 0.2) is 0 Å². The molecule has 0 aliphatic carbocycles. The van der Waals surface area contributed by atoms with Crippen molar-refractivity contribution in [1.82, 2.24) is 19.1 Å². The smallest absolute Gasteiger partial charge is 0.243 e. The molecule has 1 amide bonds. The van der Waals surface area contributed by atoms with Gasteiger partial charge in [-0.25, -0.2) is 17.8 Å². The van der Waals surface area contributed by atoms with Gasteiger partial charge in [0.25, 0.3) is 0 Å². The quantitative estimate of drug-likeness (QED) is 0.430. The number of carbonyl (C=O) groups is 1. The molecule has 1 fully saturated rings. The van der Waals surface area contributed by atoms with E-state index in [0.717, 1.165) is 5.56 Å². The van der Waals surface area contributed by atoms with Gasteiger partial charge < -0.3 is 5.32 Å². The van der Waals surface area contributed by atoms with E-state index < -0.39 is 15.9 Å². The third-order valence-electron chi connectivity index (χ3n) is 6.02. The molecular weight excluding hydrogens is 489 g/mol. The molecule has 0 saturated carbocycles. The van der Waals surface area contributed by atoms with Gasteiger partial charge in [-0.3, -0.25) is 4.79 Å². The number of sulfonamides is 1. The van der Waals surface area contributed by atoms with Crippen molar-refractivity contribution < 1.29 is 17.6 Å². The number of fused-ring (bicyclic) bond motifs is 1. The predicted octanol–water partition coefficient (Wildman–Crippen LogP) is 4.28. The summed E-state index contributed by atoms with van der Waals surface area (Å²) in [6, 6.07) is 12.8. The second kappa shape index (κ2) is 9.14. The zero-order valence-corrected chi connectivity index (χ0v) is 20.9. The number of nitrogens with one attached hydrogen (secondary N) is 1. The zero-order chi connectivity index (χ0) is 24.7. The van der Waals surface area contributed by atoms with Gasteiger partial charge in [0.05, 0.1) is 26.7 Å². The number of aromatic nitrogens is 3. The fraction of sp³-hybridized carbons (Fsp3) is 0.292. The lowest BCUT2D eigenvalue weighted by atomic mass is 9.99. The minimum absolute atomic E-state index is 0.107. The first-order chi connectivity index (χ1) is 16.7. The van der Waals surface area contributed by atoms with Crippen LogP contribution in [-0.4, -0.2) is 46.5 Å². The summed E-state index contributed by atoms with van der Waals surface area (Å²) in [5.41, 5.74) is 2.30. The molecule has 4 aromatic rings. The minimum atomic E-state index is -3.69. The van der Waals surface area contributed by atoms with Crippen molar-refractivity contribution >= 4 is 43.3 Å². The highest BCUT2D eigenvalue weighted by Gasteiger charge is 2.33. The molecule has 1 aliphatic heterocycles. The summed E-state index contributed by atoms with van der Waals surface area (Å²) in [6.45, 7) is 4.18. The number of nitrogens with zero attached hydrogens (tertiary/aromatic N) is 4. The van der Waals surface area contributed by atoms with Gasteiger partial charge in [-0.1, -0.05) is 29.0 Å². The lowest BCUT2D eigenvalue weighted by Crippen LogP contribution is -2.43. The fourth-order valence-corrected chi connectivity index (χ4v) is 6.65. The molecule has 8 nitrogen and oxygen atoms in total. The number of anilines is 1.